The fraction of sp³-hybridized carbons (Fsp3) is 0.312. The Morgan fingerprint density at radius 2 is 1.96 bits per heavy atom. The van der Waals surface area contributed by atoms with E-state index in [0.29, 0.717) is 5.03 Å². The molecule has 0 aliphatic heterocycles. The van der Waals surface area contributed by atoms with Crippen LogP contribution in [0.4, 0.5) is 18.9 Å². The Bertz CT molecular complexity index is 847. The molecule has 3 rings (SSSR count). The summed E-state index contributed by atoms with van der Waals surface area (Å²) in [5.74, 6) is -0.359. The zero-order chi connectivity index (χ0) is 18.0. The Morgan fingerprint density at radius 1 is 1.24 bits per heavy atom. The first-order chi connectivity index (χ1) is 11.8. The summed E-state index contributed by atoms with van der Waals surface area (Å²) in [6.07, 6.45) is -1.88. The first-order valence-electron chi connectivity index (χ1n) is 7.55. The highest BCUT2D eigenvalue weighted by Crippen LogP contribution is 2.30. The van der Waals surface area contributed by atoms with Gasteiger partial charge in [-0.15, -0.1) is 0 Å². The van der Waals surface area contributed by atoms with E-state index in [2.05, 4.69) is 15.3 Å². The van der Waals surface area contributed by atoms with Gasteiger partial charge in [-0.3, -0.25) is 4.79 Å². The van der Waals surface area contributed by atoms with Gasteiger partial charge in [-0.05, 0) is 43.5 Å². The number of thioether (sulfide) groups is 1. The quantitative estimate of drug-likeness (QED) is 0.642. The van der Waals surface area contributed by atoms with Gasteiger partial charge in [0.1, 0.15) is 5.03 Å². The second-order valence-corrected chi connectivity index (χ2v) is 6.53. The number of halogens is 3. The average molecular weight is 369 g/mol. The van der Waals surface area contributed by atoms with Gasteiger partial charge in [-0.1, -0.05) is 11.8 Å². The van der Waals surface area contributed by atoms with Crippen LogP contribution in [0.3, 0.4) is 0 Å². The summed E-state index contributed by atoms with van der Waals surface area (Å²) in [7, 11) is 0. The predicted octanol–water partition coefficient (Wildman–Crippen LogP) is 3.01. The Kier molecular flexibility index (Phi) is 4.85. The molecule has 0 atom stereocenters. The lowest BCUT2D eigenvalue weighted by Gasteiger charge is -2.09. The van der Waals surface area contributed by atoms with Gasteiger partial charge in [-0.25, -0.2) is 4.79 Å². The number of aromatic nitrogens is 2. The third-order valence-electron chi connectivity index (χ3n) is 3.77. The molecule has 0 unspecified atom stereocenters. The number of H-pyrrole nitrogens is 1. The van der Waals surface area contributed by atoms with Crippen molar-refractivity contribution < 1.29 is 18.0 Å². The number of aromatic amines is 1. The van der Waals surface area contributed by atoms with Crippen LogP contribution in [0.5, 0.6) is 0 Å². The summed E-state index contributed by atoms with van der Waals surface area (Å²) >= 11 is 1.15. The number of carbonyl (C=O) groups is 1. The lowest BCUT2D eigenvalue weighted by molar-refractivity contribution is -0.137. The molecule has 1 aromatic carbocycles. The van der Waals surface area contributed by atoms with Crippen molar-refractivity contribution in [1.82, 2.24) is 9.97 Å². The Labute approximate surface area is 145 Å². The molecule has 1 heterocycles. The molecule has 1 aliphatic rings. The highest BCUT2D eigenvalue weighted by molar-refractivity contribution is 8.00. The van der Waals surface area contributed by atoms with Crippen molar-refractivity contribution >= 4 is 23.4 Å². The zero-order valence-electron chi connectivity index (χ0n) is 12.9. The molecule has 1 aromatic heterocycles. The lowest BCUT2D eigenvalue weighted by atomic mass is 10.2. The molecule has 2 N–H and O–H groups in total. The van der Waals surface area contributed by atoms with Crippen LogP contribution < -0.4 is 11.0 Å². The largest absolute Gasteiger partial charge is 0.416 e. The maximum atomic E-state index is 12.5. The maximum absolute atomic E-state index is 12.5. The molecule has 0 radical (unpaired) electrons. The van der Waals surface area contributed by atoms with E-state index in [-0.39, 0.29) is 17.3 Å². The van der Waals surface area contributed by atoms with Crippen molar-refractivity contribution in [2.45, 2.75) is 30.5 Å². The van der Waals surface area contributed by atoms with Crippen molar-refractivity contribution in [1.29, 1.82) is 0 Å². The van der Waals surface area contributed by atoms with Crippen LogP contribution in [0.25, 0.3) is 0 Å². The van der Waals surface area contributed by atoms with Crippen LogP contribution in [0.1, 0.15) is 23.2 Å². The van der Waals surface area contributed by atoms with Crippen molar-refractivity contribution in [2.75, 3.05) is 11.1 Å². The predicted molar refractivity (Wildman–Crippen MR) is 87.7 cm³/mol. The molecule has 1 aliphatic carbocycles. The smallest absolute Gasteiger partial charge is 0.325 e. The Balaban J connectivity index is 1.61. The number of alkyl halides is 3. The highest BCUT2D eigenvalue weighted by Gasteiger charge is 2.30. The van der Waals surface area contributed by atoms with Crippen molar-refractivity contribution in [3.05, 3.63) is 51.6 Å². The maximum Gasteiger partial charge on any atom is 0.416 e. The third-order valence-corrected chi connectivity index (χ3v) is 4.79. The molecular weight excluding hydrogens is 355 g/mol. The second kappa shape index (κ2) is 6.91. The van der Waals surface area contributed by atoms with Gasteiger partial charge in [0.2, 0.25) is 5.91 Å². The number of carbonyl (C=O) groups excluding carboxylic acids is 1. The van der Waals surface area contributed by atoms with E-state index in [1.165, 1.54) is 12.1 Å². The average Bonchev–Trinajstić information content (AvgIpc) is 3.00. The van der Waals surface area contributed by atoms with Crippen LogP contribution in [0.2, 0.25) is 0 Å². The molecule has 25 heavy (non-hydrogen) atoms. The lowest BCUT2D eigenvalue weighted by Crippen LogP contribution is -2.17. The Morgan fingerprint density at radius 3 is 2.64 bits per heavy atom. The Hall–Kier alpha value is -2.29. The first kappa shape index (κ1) is 17.5. The molecule has 0 fully saturated rings. The number of fused-ring (bicyclic) bond motifs is 1. The minimum atomic E-state index is -4.41. The summed E-state index contributed by atoms with van der Waals surface area (Å²) in [4.78, 5) is 30.1. The summed E-state index contributed by atoms with van der Waals surface area (Å²) < 4.78 is 37.5. The minimum absolute atomic E-state index is 0.0178. The zero-order valence-corrected chi connectivity index (χ0v) is 13.8. The fourth-order valence-corrected chi connectivity index (χ4v) is 3.51. The summed E-state index contributed by atoms with van der Waals surface area (Å²) in [6.45, 7) is 0. The minimum Gasteiger partial charge on any atom is -0.325 e. The summed E-state index contributed by atoms with van der Waals surface area (Å²) in [5.41, 5.74) is 0.898. The number of amides is 1. The normalized spacial score (nSPS) is 13.6. The molecule has 0 bridgehead atoms. The van der Waals surface area contributed by atoms with Crippen molar-refractivity contribution in [2.24, 2.45) is 0 Å². The number of nitrogens with one attached hydrogen (secondary N) is 2. The van der Waals surface area contributed by atoms with E-state index in [0.717, 1.165) is 54.4 Å². The van der Waals surface area contributed by atoms with E-state index < -0.39 is 17.4 Å². The highest BCUT2D eigenvalue weighted by atomic mass is 32.2. The number of hydrogen-bond acceptors (Lipinski definition) is 4. The van der Waals surface area contributed by atoms with Crippen LogP contribution in [-0.4, -0.2) is 21.6 Å². The number of hydrogen-bond donors (Lipinski definition) is 2. The number of benzene rings is 1. The van der Waals surface area contributed by atoms with E-state index in [1.54, 1.807) is 0 Å². The van der Waals surface area contributed by atoms with E-state index >= 15 is 0 Å². The monoisotopic (exact) mass is 369 g/mol. The summed E-state index contributed by atoms with van der Waals surface area (Å²) in [6, 6.07) is 4.23. The van der Waals surface area contributed by atoms with Crippen LogP contribution in [0.15, 0.2) is 34.1 Å². The topological polar surface area (TPSA) is 74.8 Å². The molecular formula is C16H14F3N3O2S. The molecule has 132 valence electrons. The van der Waals surface area contributed by atoms with Crippen molar-refractivity contribution in [3.8, 4) is 0 Å². The van der Waals surface area contributed by atoms with E-state index in [1.807, 2.05) is 0 Å². The molecule has 0 saturated carbocycles. The SMILES string of the molecule is O=C(CSc1nc(=O)[nH]c2c1CCC2)Nc1ccc(C(F)(F)F)cc1. The molecule has 1 amide bonds. The second-order valence-electron chi connectivity index (χ2n) is 5.57. The summed E-state index contributed by atoms with van der Waals surface area (Å²) in [5, 5.41) is 3.07. The van der Waals surface area contributed by atoms with Gasteiger partial charge >= 0.3 is 11.9 Å². The van der Waals surface area contributed by atoms with Crippen LogP contribution in [0, 0.1) is 0 Å². The van der Waals surface area contributed by atoms with Gasteiger partial charge in [0, 0.05) is 16.9 Å². The number of nitrogens with zero attached hydrogens (tertiary/aromatic N) is 1. The third kappa shape index (κ3) is 4.22. The number of aryl methyl sites for hydroxylation is 1. The molecule has 0 saturated heterocycles. The standard InChI is InChI=1S/C16H14F3N3O2S/c17-16(18,19)9-4-6-10(7-5-9)20-13(23)8-25-14-11-2-1-3-12(11)21-15(24)22-14/h4-7H,1-3,8H2,(H,20,23)(H,21,22,24). The van der Waals surface area contributed by atoms with Gasteiger partial charge in [0.15, 0.2) is 0 Å². The van der Waals surface area contributed by atoms with Crippen molar-refractivity contribution in [3.63, 3.8) is 0 Å². The first-order valence-corrected chi connectivity index (χ1v) is 8.53. The van der Waals surface area contributed by atoms with Gasteiger partial charge < -0.3 is 10.3 Å². The number of rotatable bonds is 4. The number of anilines is 1. The molecule has 2 aromatic rings. The molecule has 9 heteroatoms. The fourth-order valence-electron chi connectivity index (χ4n) is 2.63. The van der Waals surface area contributed by atoms with Crippen LogP contribution >= 0.6 is 11.8 Å². The van der Waals surface area contributed by atoms with Gasteiger partial charge in [0.25, 0.3) is 0 Å². The van der Waals surface area contributed by atoms with E-state index in [4.69, 9.17) is 0 Å². The van der Waals surface area contributed by atoms with Gasteiger partial charge in [0.05, 0.1) is 11.3 Å². The molecule has 0 spiro atoms. The van der Waals surface area contributed by atoms with Crippen LogP contribution in [-0.2, 0) is 23.8 Å². The van der Waals surface area contributed by atoms with E-state index in [9.17, 15) is 22.8 Å². The van der Waals surface area contributed by atoms with Gasteiger partial charge in [-0.2, -0.15) is 18.2 Å². The molecule has 5 nitrogen and oxygen atoms in total.